The highest BCUT2D eigenvalue weighted by Crippen LogP contribution is 2.29. The maximum atomic E-state index is 12.8. The number of allylic oxidation sites excluding steroid dienone is 2. The topological polar surface area (TPSA) is 89.9 Å². The van der Waals surface area contributed by atoms with Crippen molar-refractivity contribution in [1.29, 1.82) is 0 Å². The van der Waals surface area contributed by atoms with Gasteiger partial charge < -0.3 is 4.74 Å². The van der Waals surface area contributed by atoms with E-state index in [2.05, 4.69) is 4.40 Å². The molecule has 6 nitrogen and oxygen atoms in total. The van der Waals surface area contributed by atoms with Crippen LogP contribution < -0.4 is 0 Å². The lowest BCUT2D eigenvalue weighted by atomic mass is 9.94. The van der Waals surface area contributed by atoms with Crippen molar-refractivity contribution < 1.29 is 22.7 Å². The van der Waals surface area contributed by atoms with Crippen molar-refractivity contribution in [2.24, 2.45) is 4.40 Å². The Morgan fingerprint density at radius 3 is 2.38 bits per heavy atom. The summed E-state index contributed by atoms with van der Waals surface area (Å²) in [5.41, 5.74) is 1.88. The van der Waals surface area contributed by atoms with E-state index >= 15 is 0 Å². The van der Waals surface area contributed by atoms with Gasteiger partial charge in [0.25, 0.3) is 10.0 Å². The molecule has 0 fully saturated rings. The third-order valence-corrected chi connectivity index (χ3v) is 6.43. The van der Waals surface area contributed by atoms with E-state index in [4.69, 9.17) is 4.74 Å². The van der Waals surface area contributed by atoms with Gasteiger partial charge >= 0.3 is 5.97 Å². The smallest absolute Gasteiger partial charge is 0.316 e. The third kappa shape index (κ3) is 4.83. The van der Waals surface area contributed by atoms with Crippen LogP contribution in [0.25, 0.3) is 0 Å². The minimum Gasteiger partial charge on any atom is -0.465 e. The van der Waals surface area contributed by atoms with E-state index in [9.17, 15) is 18.0 Å². The molecule has 0 saturated carbocycles. The van der Waals surface area contributed by atoms with Crippen LogP contribution in [-0.4, -0.2) is 38.2 Å². The van der Waals surface area contributed by atoms with E-state index in [1.807, 2.05) is 6.92 Å². The van der Waals surface area contributed by atoms with Crippen molar-refractivity contribution >= 4 is 39.2 Å². The molecule has 2 aromatic carbocycles. The van der Waals surface area contributed by atoms with Gasteiger partial charge in [-0.1, -0.05) is 42.0 Å². The Balaban J connectivity index is 2.02. The number of carbonyl (C=O) groups is 2. The van der Waals surface area contributed by atoms with Crippen LogP contribution >= 0.6 is 11.8 Å². The number of rotatable bonds is 6. The van der Waals surface area contributed by atoms with Crippen molar-refractivity contribution in [2.45, 2.75) is 18.7 Å². The fourth-order valence-corrected chi connectivity index (χ4v) is 4.51. The van der Waals surface area contributed by atoms with Crippen LogP contribution in [0.1, 0.15) is 28.4 Å². The zero-order chi connectivity index (χ0) is 21.0. The van der Waals surface area contributed by atoms with Crippen LogP contribution in [-0.2, 0) is 19.6 Å². The van der Waals surface area contributed by atoms with Crippen molar-refractivity contribution in [3.05, 3.63) is 76.2 Å². The molecule has 2 aromatic rings. The summed E-state index contributed by atoms with van der Waals surface area (Å²) in [6.07, 6.45) is 1.42. The largest absolute Gasteiger partial charge is 0.465 e. The molecule has 0 amide bonds. The molecule has 0 radical (unpaired) electrons. The van der Waals surface area contributed by atoms with Gasteiger partial charge in [-0.2, -0.15) is 12.8 Å². The van der Waals surface area contributed by atoms with Crippen LogP contribution in [0.3, 0.4) is 0 Å². The summed E-state index contributed by atoms with van der Waals surface area (Å²) in [7, 11) is -3.97. The summed E-state index contributed by atoms with van der Waals surface area (Å²) in [5.74, 6) is -0.775. The highest BCUT2D eigenvalue weighted by Gasteiger charge is 2.26. The number of nitrogens with zero attached hydrogens (tertiary/aromatic N) is 1. The summed E-state index contributed by atoms with van der Waals surface area (Å²) in [5, 5.41) is 0. The van der Waals surface area contributed by atoms with E-state index in [1.165, 1.54) is 18.2 Å². The van der Waals surface area contributed by atoms with Crippen LogP contribution in [0.5, 0.6) is 0 Å². The van der Waals surface area contributed by atoms with Gasteiger partial charge in [0.15, 0.2) is 5.78 Å². The number of benzene rings is 2. The Morgan fingerprint density at radius 2 is 1.72 bits per heavy atom. The molecule has 0 unspecified atom stereocenters. The van der Waals surface area contributed by atoms with E-state index in [-0.39, 0.29) is 33.7 Å². The van der Waals surface area contributed by atoms with Gasteiger partial charge in [-0.3, -0.25) is 9.59 Å². The minimum atomic E-state index is -3.97. The number of ketones is 1. The summed E-state index contributed by atoms with van der Waals surface area (Å²) < 4.78 is 34.4. The molecule has 0 heterocycles. The summed E-state index contributed by atoms with van der Waals surface area (Å²) in [6.45, 7) is 3.81. The van der Waals surface area contributed by atoms with Crippen molar-refractivity contribution in [3.63, 3.8) is 0 Å². The van der Waals surface area contributed by atoms with Gasteiger partial charge in [-0.25, -0.2) is 0 Å². The van der Waals surface area contributed by atoms with Crippen molar-refractivity contribution in [2.75, 3.05) is 12.4 Å². The Hall–Kier alpha value is -2.71. The number of aryl methyl sites for hydroxylation is 1. The van der Waals surface area contributed by atoms with Gasteiger partial charge in [0.1, 0.15) is 0 Å². The van der Waals surface area contributed by atoms with E-state index in [1.54, 1.807) is 43.3 Å². The molecule has 8 heteroatoms. The lowest BCUT2D eigenvalue weighted by molar-refractivity contribution is -0.139. The maximum absolute atomic E-state index is 12.8. The summed E-state index contributed by atoms with van der Waals surface area (Å²) in [6, 6.07) is 13.1. The van der Waals surface area contributed by atoms with Crippen molar-refractivity contribution in [1.82, 2.24) is 0 Å². The molecule has 0 bridgehead atoms. The van der Waals surface area contributed by atoms with E-state index in [0.29, 0.717) is 11.1 Å². The molecule has 3 rings (SSSR count). The molecule has 0 saturated heterocycles. The number of fused-ring (bicyclic) bond motifs is 1. The second kappa shape index (κ2) is 8.75. The molecule has 1 aliphatic carbocycles. The summed E-state index contributed by atoms with van der Waals surface area (Å²) in [4.78, 5) is 24.7. The fraction of sp³-hybridized carbons (Fsp3) is 0.190. The molecule has 150 valence electrons. The molecule has 0 N–H and O–H groups in total. The Morgan fingerprint density at radius 1 is 1.07 bits per heavy atom. The minimum absolute atomic E-state index is 0.0500. The van der Waals surface area contributed by atoms with E-state index in [0.717, 1.165) is 17.3 Å². The molecule has 0 atom stereocenters. The molecular formula is C21H19NO5S2. The second-order valence-corrected chi connectivity index (χ2v) is 8.86. The van der Waals surface area contributed by atoms with E-state index < -0.39 is 16.0 Å². The zero-order valence-corrected chi connectivity index (χ0v) is 17.5. The first-order chi connectivity index (χ1) is 13.8. The summed E-state index contributed by atoms with van der Waals surface area (Å²) >= 11 is 1.01. The molecule has 0 aliphatic heterocycles. The maximum Gasteiger partial charge on any atom is 0.316 e. The first-order valence-corrected chi connectivity index (χ1v) is 11.3. The number of hydrogen-bond acceptors (Lipinski definition) is 6. The fourth-order valence-electron chi connectivity index (χ4n) is 2.72. The van der Waals surface area contributed by atoms with Crippen LogP contribution in [0.2, 0.25) is 0 Å². The average molecular weight is 430 g/mol. The number of esters is 1. The Kier molecular flexibility index (Phi) is 6.34. The first kappa shape index (κ1) is 21.0. The highest BCUT2D eigenvalue weighted by molar-refractivity contribution is 8.04. The number of hydrogen-bond donors (Lipinski definition) is 0. The number of ether oxygens (including phenoxy) is 1. The quantitative estimate of drug-likeness (QED) is 0.653. The number of Topliss-reactive ketones (excluding diaryl/α,β-unsaturated/α-hetero) is 1. The normalized spacial score (nSPS) is 15.0. The zero-order valence-electron chi connectivity index (χ0n) is 15.9. The van der Waals surface area contributed by atoms with Crippen LogP contribution in [0, 0.1) is 6.92 Å². The molecule has 1 aliphatic rings. The monoisotopic (exact) mass is 429 g/mol. The van der Waals surface area contributed by atoms with Gasteiger partial charge in [0, 0.05) is 11.1 Å². The highest BCUT2D eigenvalue weighted by atomic mass is 32.2. The molecule has 0 aromatic heterocycles. The van der Waals surface area contributed by atoms with Gasteiger partial charge in [0.05, 0.1) is 27.9 Å². The molecular weight excluding hydrogens is 410 g/mol. The number of carbonyl (C=O) groups excluding carboxylic acids is 2. The predicted molar refractivity (Wildman–Crippen MR) is 113 cm³/mol. The lowest BCUT2D eigenvalue weighted by Gasteiger charge is -2.17. The van der Waals surface area contributed by atoms with Gasteiger partial charge in [0.2, 0.25) is 0 Å². The molecule has 0 spiro atoms. The Labute approximate surface area is 173 Å². The van der Waals surface area contributed by atoms with Gasteiger partial charge in [-0.05, 0) is 32.1 Å². The van der Waals surface area contributed by atoms with Crippen LogP contribution in [0.15, 0.2) is 68.8 Å². The van der Waals surface area contributed by atoms with Crippen LogP contribution in [0.4, 0.5) is 0 Å². The van der Waals surface area contributed by atoms with Gasteiger partial charge in [-0.15, -0.1) is 11.8 Å². The molecule has 29 heavy (non-hydrogen) atoms. The standard InChI is InChI=1S/C21H19NO5S2/c1-3-27-20(23)13-28-19-12-18(16-6-4-5-7-17(16)21(19)24)22-29(25,26)15-10-8-14(2)9-11-15/h4-12H,3,13H2,1-2H3/b22-18-. The predicted octanol–water partition coefficient (Wildman–Crippen LogP) is 3.55. The first-order valence-electron chi connectivity index (χ1n) is 8.87. The number of sulfonamides is 1. The lowest BCUT2D eigenvalue weighted by Crippen LogP contribution is -2.18. The third-order valence-electron chi connectivity index (χ3n) is 4.13. The SMILES string of the molecule is CCOC(=O)CSC1=C/C(=N/S(=O)(=O)c2ccc(C)cc2)c2ccccc2C1=O. The van der Waals surface area contributed by atoms with Crippen molar-refractivity contribution in [3.8, 4) is 0 Å². The average Bonchev–Trinajstić information content (AvgIpc) is 2.69. The number of thioether (sulfide) groups is 1. The Bertz CT molecular complexity index is 1120. The second-order valence-electron chi connectivity index (χ2n) is 6.24.